The molecule has 0 aliphatic carbocycles. The maximum absolute atomic E-state index is 9.46. The molecule has 0 aliphatic heterocycles. The Morgan fingerprint density at radius 1 is 1.00 bits per heavy atom. The number of hydrogen-bond acceptors (Lipinski definition) is 6. The number of ether oxygens (including phenoxy) is 1. The van der Waals surface area contributed by atoms with Gasteiger partial charge in [0.25, 0.3) is 0 Å². The van der Waals surface area contributed by atoms with Crippen LogP contribution in [0.5, 0.6) is 11.5 Å². The predicted molar refractivity (Wildman–Crippen MR) is 124 cm³/mol. The molecule has 2 N–H and O–H groups in total. The van der Waals surface area contributed by atoms with Gasteiger partial charge < -0.3 is 15.2 Å². The van der Waals surface area contributed by atoms with Crippen LogP contribution in [0.25, 0.3) is 21.3 Å². The first kappa shape index (κ1) is 20.2. The third-order valence-electron chi connectivity index (χ3n) is 4.94. The van der Waals surface area contributed by atoms with E-state index in [2.05, 4.69) is 29.4 Å². The Hall–Kier alpha value is -3.12. The number of nitrogens with zero attached hydrogens (tertiary/aromatic N) is 2. The number of phenolic OH excluding ortho intramolecular Hbond substituents is 1. The fraction of sp³-hybridized carbons (Fsp3) is 0.250. The van der Waals surface area contributed by atoms with Crippen molar-refractivity contribution in [3.63, 3.8) is 0 Å². The summed E-state index contributed by atoms with van der Waals surface area (Å²) in [7, 11) is 0. The lowest BCUT2D eigenvalue weighted by Gasteiger charge is -2.11. The lowest BCUT2D eigenvalue weighted by atomic mass is 10.0. The highest BCUT2D eigenvalue weighted by Gasteiger charge is 2.17. The maximum atomic E-state index is 9.46. The Morgan fingerprint density at radius 2 is 1.73 bits per heavy atom. The first-order valence-corrected chi connectivity index (χ1v) is 10.9. The van der Waals surface area contributed by atoms with Crippen LogP contribution in [-0.2, 0) is 6.42 Å². The van der Waals surface area contributed by atoms with Crippen LogP contribution in [0.1, 0.15) is 23.2 Å². The van der Waals surface area contributed by atoms with E-state index in [9.17, 15) is 5.11 Å². The van der Waals surface area contributed by atoms with Crippen LogP contribution < -0.4 is 10.1 Å². The minimum Gasteiger partial charge on any atom is -0.508 e. The molecule has 4 aromatic rings. The average Bonchev–Trinajstić information content (AvgIpc) is 3.06. The summed E-state index contributed by atoms with van der Waals surface area (Å²) in [5.74, 6) is 2.78. The zero-order valence-electron chi connectivity index (χ0n) is 17.4. The molecule has 6 heteroatoms. The van der Waals surface area contributed by atoms with Crippen molar-refractivity contribution in [2.24, 2.45) is 0 Å². The molecule has 0 bridgehead atoms. The van der Waals surface area contributed by atoms with Gasteiger partial charge in [0, 0.05) is 17.0 Å². The van der Waals surface area contributed by atoms with E-state index in [1.54, 1.807) is 23.5 Å². The van der Waals surface area contributed by atoms with Gasteiger partial charge in [0.05, 0.1) is 12.0 Å². The van der Waals surface area contributed by atoms with Gasteiger partial charge >= 0.3 is 0 Å². The Kier molecular flexibility index (Phi) is 5.86. The van der Waals surface area contributed by atoms with Crippen molar-refractivity contribution >= 4 is 27.4 Å². The van der Waals surface area contributed by atoms with E-state index in [1.165, 1.54) is 10.4 Å². The lowest BCUT2D eigenvalue weighted by Crippen LogP contribution is -2.08. The second kappa shape index (κ2) is 8.71. The second-order valence-electron chi connectivity index (χ2n) is 7.13. The maximum Gasteiger partial charge on any atom is 0.139 e. The van der Waals surface area contributed by atoms with Crippen molar-refractivity contribution in [2.75, 3.05) is 18.5 Å². The molecule has 2 heterocycles. The summed E-state index contributed by atoms with van der Waals surface area (Å²) in [6.07, 6.45) is 0.840. The first-order valence-electron chi connectivity index (χ1n) is 10.1. The molecular formula is C24H25N3O2S. The molecule has 0 radical (unpaired) electrons. The number of aryl methyl sites for hydroxylation is 2. The molecule has 4 rings (SSSR count). The fourth-order valence-electron chi connectivity index (χ4n) is 3.57. The second-order valence-corrected chi connectivity index (χ2v) is 8.34. The molecule has 154 valence electrons. The van der Waals surface area contributed by atoms with Crippen molar-refractivity contribution in [1.82, 2.24) is 9.97 Å². The van der Waals surface area contributed by atoms with Crippen molar-refractivity contribution in [1.29, 1.82) is 0 Å². The van der Waals surface area contributed by atoms with Crippen LogP contribution in [0.4, 0.5) is 5.82 Å². The van der Waals surface area contributed by atoms with Gasteiger partial charge in [-0.3, -0.25) is 0 Å². The van der Waals surface area contributed by atoms with Gasteiger partial charge in [0.15, 0.2) is 0 Å². The molecule has 0 unspecified atom stereocenters. The van der Waals surface area contributed by atoms with Gasteiger partial charge in [0.1, 0.15) is 28.0 Å². The van der Waals surface area contributed by atoms with Gasteiger partial charge in [-0.15, -0.1) is 11.3 Å². The molecule has 30 heavy (non-hydrogen) atoms. The fourth-order valence-corrected chi connectivity index (χ4v) is 4.66. The summed E-state index contributed by atoms with van der Waals surface area (Å²) in [4.78, 5) is 11.6. The van der Waals surface area contributed by atoms with Crippen molar-refractivity contribution in [2.45, 2.75) is 27.2 Å². The van der Waals surface area contributed by atoms with Gasteiger partial charge in [0.2, 0.25) is 0 Å². The minimum atomic E-state index is 0.286. The Bertz CT molecular complexity index is 1150. The van der Waals surface area contributed by atoms with Gasteiger partial charge in [-0.2, -0.15) is 0 Å². The van der Waals surface area contributed by atoms with Gasteiger partial charge in [-0.25, -0.2) is 9.97 Å². The number of anilines is 1. The third kappa shape index (κ3) is 4.24. The van der Waals surface area contributed by atoms with Crippen LogP contribution in [0, 0.1) is 13.8 Å². The smallest absolute Gasteiger partial charge is 0.139 e. The van der Waals surface area contributed by atoms with Crippen LogP contribution in [0.2, 0.25) is 0 Å². The number of thiophene rings is 1. The predicted octanol–water partition coefficient (Wildman–Crippen LogP) is 5.73. The summed E-state index contributed by atoms with van der Waals surface area (Å²) in [6, 6.07) is 15.5. The van der Waals surface area contributed by atoms with E-state index in [1.807, 2.05) is 38.1 Å². The largest absolute Gasteiger partial charge is 0.508 e. The summed E-state index contributed by atoms with van der Waals surface area (Å²) >= 11 is 1.70. The number of benzene rings is 2. The summed E-state index contributed by atoms with van der Waals surface area (Å²) in [5.41, 5.74) is 3.47. The Morgan fingerprint density at radius 3 is 2.43 bits per heavy atom. The zero-order valence-corrected chi connectivity index (χ0v) is 18.2. The lowest BCUT2D eigenvalue weighted by molar-refractivity contribution is 0.340. The number of hydrogen-bond donors (Lipinski definition) is 2. The van der Waals surface area contributed by atoms with E-state index in [0.29, 0.717) is 6.61 Å². The van der Waals surface area contributed by atoms with Gasteiger partial charge in [-0.1, -0.05) is 24.3 Å². The van der Waals surface area contributed by atoms with Crippen molar-refractivity contribution in [3.05, 3.63) is 64.8 Å². The SMILES string of the molecule is CCOc1ccc(-c2c(C)sc3nc(C)nc(NCCc4ccc(O)cc4)c23)cc1. The standard InChI is InChI=1S/C24H25N3O2S/c1-4-29-20-11-7-18(8-12-20)21-15(2)30-24-22(21)23(26-16(3)27-24)25-14-13-17-5-9-19(28)10-6-17/h5-12,28H,4,13-14H2,1-3H3,(H,25,26,27). The molecular weight excluding hydrogens is 394 g/mol. The quantitative estimate of drug-likeness (QED) is 0.400. The number of fused-ring (bicyclic) bond motifs is 1. The van der Waals surface area contributed by atoms with E-state index >= 15 is 0 Å². The average molecular weight is 420 g/mol. The highest BCUT2D eigenvalue weighted by atomic mass is 32.1. The molecule has 0 saturated heterocycles. The van der Waals surface area contributed by atoms with E-state index in [4.69, 9.17) is 9.72 Å². The molecule has 0 amide bonds. The number of rotatable bonds is 7. The van der Waals surface area contributed by atoms with Crippen LogP contribution in [-0.4, -0.2) is 28.2 Å². The summed E-state index contributed by atoms with van der Waals surface area (Å²) in [5, 5.41) is 14.0. The summed E-state index contributed by atoms with van der Waals surface area (Å²) < 4.78 is 5.59. The van der Waals surface area contributed by atoms with Crippen molar-refractivity contribution < 1.29 is 9.84 Å². The highest BCUT2D eigenvalue weighted by Crippen LogP contribution is 2.41. The van der Waals surface area contributed by atoms with Crippen molar-refractivity contribution in [3.8, 4) is 22.6 Å². The molecule has 2 aromatic carbocycles. The van der Waals surface area contributed by atoms with E-state index in [0.717, 1.165) is 51.7 Å². The molecule has 0 fully saturated rings. The molecule has 0 atom stereocenters. The number of phenols is 1. The molecule has 0 saturated carbocycles. The van der Waals surface area contributed by atoms with E-state index < -0.39 is 0 Å². The monoisotopic (exact) mass is 419 g/mol. The summed E-state index contributed by atoms with van der Waals surface area (Å²) in [6.45, 7) is 7.44. The van der Waals surface area contributed by atoms with Crippen LogP contribution in [0.15, 0.2) is 48.5 Å². The first-order chi connectivity index (χ1) is 14.5. The molecule has 2 aromatic heterocycles. The minimum absolute atomic E-state index is 0.286. The number of aromatic nitrogens is 2. The zero-order chi connectivity index (χ0) is 21.1. The third-order valence-corrected chi connectivity index (χ3v) is 5.93. The Balaban J connectivity index is 1.66. The van der Waals surface area contributed by atoms with Crippen LogP contribution >= 0.6 is 11.3 Å². The molecule has 0 aliphatic rings. The van der Waals surface area contributed by atoms with E-state index in [-0.39, 0.29) is 5.75 Å². The molecule has 0 spiro atoms. The number of nitrogens with one attached hydrogen (secondary N) is 1. The van der Waals surface area contributed by atoms with Gasteiger partial charge in [-0.05, 0) is 62.6 Å². The topological polar surface area (TPSA) is 67.3 Å². The molecule has 5 nitrogen and oxygen atoms in total. The van der Waals surface area contributed by atoms with Crippen LogP contribution in [0.3, 0.4) is 0 Å². The Labute approximate surface area is 180 Å². The highest BCUT2D eigenvalue weighted by molar-refractivity contribution is 7.19. The normalized spacial score (nSPS) is 11.0. The number of aromatic hydroxyl groups is 1.